The Hall–Kier alpha value is -1.31. The predicted octanol–water partition coefficient (Wildman–Crippen LogP) is 0.424. The summed E-state index contributed by atoms with van der Waals surface area (Å²) in [4.78, 5) is 27.2. The summed E-state index contributed by atoms with van der Waals surface area (Å²) in [7, 11) is 5.20. The van der Waals surface area contributed by atoms with Gasteiger partial charge in [0.1, 0.15) is 6.04 Å². The highest BCUT2D eigenvalue weighted by atomic mass is 35.5. The number of halogens is 2. The molecule has 1 heterocycles. The van der Waals surface area contributed by atoms with Crippen molar-refractivity contribution < 1.29 is 9.59 Å². The van der Waals surface area contributed by atoms with Crippen molar-refractivity contribution in [3.63, 3.8) is 0 Å². The fraction of sp³-hybridized carbons (Fsp3) is 0.615. The molecule has 1 unspecified atom stereocenters. The first-order valence-electron chi connectivity index (χ1n) is 6.60. The predicted molar refractivity (Wildman–Crippen MR) is 90.6 cm³/mol. The van der Waals surface area contributed by atoms with Crippen LogP contribution in [0.1, 0.15) is 13.0 Å². The molecule has 0 bridgehead atoms. The van der Waals surface area contributed by atoms with Gasteiger partial charge in [0, 0.05) is 39.6 Å². The van der Waals surface area contributed by atoms with Crippen LogP contribution in [-0.2, 0) is 9.59 Å². The van der Waals surface area contributed by atoms with Gasteiger partial charge in [0.15, 0.2) is 0 Å². The molecule has 1 aromatic rings. The number of likely N-dealkylation sites (N-methyl/N-ethyl adjacent to an activating group) is 3. The Kier molecular flexibility index (Phi) is 11.8. The van der Waals surface area contributed by atoms with Gasteiger partial charge in [-0.05, 0) is 20.0 Å². The molecule has 0 aromatic carbocycles. The summed E-state index contributed by atoms with van der Waals surface area (Å²) in [6, 6.07) is 1.35. The minimum Gasteiger partial charge on any atom is -0.343 e. The van der Waals surface area contributed by atoms with Gasteiger partial charge < -0.3 is 15.1 Å². The number of nitrogens with one attached hydrogen (secondary N) is 1. The SMILES string of the molecule is CNCCN(C)C(=O)CN(C)C(=O)C(C)n1cccn1.Cl.Cl. The fourth-order valence-electron chi connectivity index (χ4n) is 1.75. The molecule has 2 amide bonds. The van der Waals surface area contributed by atoms with E-state index in [2.05, 4.69) is 10.4 Å². The molecule has 0 fully saturated rings. The maximum absolute atomic E-state index is 12.2. The Morgan fingerprint density at radius 3 is 2.41 bits per heavy atom. The molecule has 0 saturated carbocycles. The van der Waals surface area contributed by atoms with Gasteiger partial charge in [-0.3, -0.25) is 14.3 Å². The number of carbonyl (C=O) groups is 2. The van der Waals surface area contributed by atoms with Gasteiger partial charge in [-0.25, -0.2) is 0 Å². The average molecular weight is 354 g/mol. The van der Waals surface area contributed by atoms with Crippen LogP contribution >= 0.6 is 24.8 Å². The Balaban J connectivity index is 0. The zero-order valence-corrected chi connectivity index (χ0v) is 15.0. The number of hydrogen-bond donors (Lipinski definition) is 1. The number of nitrogens with zero attached hydrogens (tertiary/aromatic N) is 4. The number of aromatic nitrogens is 2. The van der Waals surface area contributed by atoms with Crippen LogP contribution in [0.2, 0.25) is 0 Å². The van der Waals surface area contributed by atoms with Gasteiger partial charge in [-0.2, -0.15) is 5.10 Å². The molecule has 0 spiro atoms. The number of rotatable bonds is 7. The lowest BCUT2D eigenvalue weighted by atomic mass is 10.3. The monoisotopic (exact) mass is 353 g/mol. The highest BCUT2D eigenvalue weighted by Crippen LogP contribution is 2.07. The molecule has 128 valence electrons. The molecule has 9 heteroatoms. The second-order valence-corrected chi connectivity index (χ2v) is 4.78. The summed E-state index contributed by atoms with van der Waals surface area (Å²) in [5.41, 5.74) is 0. The van der Waals surface area contributed by atoms with Crippen LogP contribution in [0.25, 0.3) is 0 Å². The van der Waals surface area contributed by atoms with E-state index in [-0.39, 0.29) is 43.2 Å². The highest BCUT2D eigenvalue weighted by Gasteiger charge is 2.22. The smallest absolute Gasteiger partial charge is 0.247 e. The molecule has 0 aliphatic carbocycles. The van der Waals surface area contributed by atoms with Gasteiger partial charge >= 0.3 is 0 Å². The minimum absolute atomic E-state index is 0. The third-order valence-electron chi connectivity index (χ3n) is 3.15. The second kappa shape index (κ2) is 11.3. The lowest BCUT2D eigenvalue weighted by Crippen LogP contribution is -2.43. The third-order valence-corrected chi connectivity index (χ3v) is 3.15. The number of carbonyl (C=O) groups excluding carboxylic acids is 2. The second-order valence-electron chi connectivity index (χ2n) is 4.78. The molecule has 0 aliphatic heterocycles. The number of hydrogen-bond acceptors (Lipinski definition) is 4. The van der Waals surface area contributed by atoms with E-state index in [0.717, 1.165) is 6.54 Å². The summed E-state index contributed by atoms with van der Waals surface area (Å²) in [6.07, 6.45) is 3.36. The van der Waals surface area contributed by atoms with Gasteiger partial charge in [-0.1, -0.05) is 0 Å². The summed E-state index contributed by atoms with van der Waals surface area (Å²) < 4.78 is 1.58. The largest absolute Gasteiger partial charge is 0.343 e. The van der Waals surface area contributed by atoms with Crippen LogP contribution in [0.3, 0.4) is 0 Å². The van der Waals surface area contributed by atoms with Crippen molar-refractivity contribution in [2.75, 3.05) is 40.8 Å². The van der Waals surface area contributed by atoms with Gasteiger partial charge in [0.25, 0.3) is 0 Å². The molecule has 1 aromatic heterocycles. The number of amides is 2. The molecule has 0 saturated heterocycles. The van der Waals surface area contributed by atoms with Crippen LogP contribution in [0, 0.1) is 0 Å². The van der Waals surface area contributed by atoms with E-state index in [9.17, 15) is 9.59 Å². The Bertz CT molecular complexity index is 442. The maximum Gasteiger partial charge on any atom is 0.247 e. The van der Waals surface area contributed by atoms with E-state index < -0.39 is 6.04 Å². The molecule has 22 heavy (non-hydrogen) atoms. The Morgan fingerprint density at radius 1 is 1.27 bits per heavy atom. The topological polar surface area (TPSA) is 70.5 Å². The van der Waals surface area contributed by atoms with Crippen LogP contribution in [0.5, 0.6) is 0 Å². The van der Waals surface area contributed by atoms with Crippen molar-refractivity contribution in [3.8, 4) is 0 Å². The first kappa shape index (κ1) is 23.0. The van der Waals surface area contributed by atoms with Crippen LogP contribution in [0.15, 0.2) is 18.5 Å². The molecule has 0 radical (unpaired) electrons. The molecule has 0 aliphatic rings. The summed E-state index contributed by atoms with van der Waals surface area (Å²) in [6.45, 7) is 3.18. The third kappa shape index (κ3) is 6.64. The molecule has 7 nitrogen and oxygen atoms in total. The van der Waals surface area contributed by atoms with Crippen LogP contribution in [0.4, 0.5) is 0 Å². The summed E-state index contributed by atoms with van der Waals surface area (Å²) in [5.74, 6) is -0.215. The van der Waals surface area contributed by atoms with Gasteiger partial charge in [0.05, 0.1) is 6.54 Å². The Labute approximate surface area is 143 Å². The zero-order chi connectivity index (χ0) is 15.1. The highest BCUT2D eigenvalue weighted by molar-refractivity contribution is 5.86. The van der Waals surface area contributed by atoms with E-state index in [1.54, 1.807) is 49.1 Å². The van der Waals surface area contributed by atoms with E-state index in [1.807, 2.05) is 7.05 Å². The summed E-state index contributed by atoms with van der Waals surface area (Å²) >= 11 is 0. The van der Waals surface area contributed by atoms with Crippen molar-refractivity contribution in [3.05, 3.63) is 18.5 Å². The van der Waals surface area contributed by atoms with Crippen LogP contribution in [-0.4, -0.2) is 72.2 Å². The Morgan fingerprint density at radius 2 is 1.91 bits per heavy atom. The first-order chi connectivity index (χ1) is 9.47. The van der Waals surface area contributed by atoms with E-state index in [4.69, 9.17) is 0 Å². The fourth-order valence-corrected chi connectivity index (χ4v) is 1.75. The van der Waals surface area contributed by atoms with E-state index >= 15 is 0 Å². The first-order valence-corrected chi connectivity index (χ1v) is 6.60. The molecular weight excluding hydrogens is 329 g/mol. The van der Waals surface area contributed by atoms with Crippen LogP contribution < -0.4 is 5.32 Å². The minimum atomic E-state index is -0.412. The molecule has 1 atom stereocenters. The van der Waals surface area contributed by atoms with Gasteiger partial charge in [-0.15, -0.1) is 24.8 Å². The lowest BCUT2D eigenvalue weighted by Gasteiger charge is -2.24. The normalized spacial score (nSPS) is 10.9. The maximum atomic E-state index is 12.2. The van der Waals surface area contributed by atoms with Crippen molar-refractivity contribution >= 4 is 36.6 Å². The van der Waals surface area contributed by atoms with Gasteiger partial charge in [0.2, 0.25) is 11.8 Å². The quantitative estimate of drug-likeness (QED) is 0.771. The summed E-state index contributed by atoms with van der Waals surface area (Å²) in [5, 5.41) is 7.02. The average Bonchev–Trinajstić information content (AvgIpc) is 2.96. The molecular formula is C13H25Cl2N5O2. The van der Waals surface area contributed by atoms with Crippen molar-refractivity contribution in [1.82, 2.24) is 24.9 Å². The lowest BCUT2D eigenvalue weighted by molar-refractivity contribution is -0.140. The van der Waals surface area contributed by atoms with E-state index in [0.29, 0.717) is 6.54 Å². The van der Waals surface area contributed by atoms with Crippen molar-refractivity contribution in [2.24, 2.45) is 0 Å². The standard InChI is InChI=1S/C13H23N5O2.2ClH/c1-11(18-8-5-6-15-18)13(20)17(4)10-12(19)16(3)9-7-14-2;;/h5-6,8,11,14H,7,9-10H2,1-4H3;2*1H. The van der Waals surface area contributed by atoms with Crippen molar-refractivity contribution in [1.29, 1.82) is 0 Å². The molecule has 1 rings (SSSR count). The molecule has 1 N–H and O–H groups in total. The van der Waals surface area contributed by atoms with Crippen molar-refractivity contribution in [2.45, 2.75) is 13.0 Å². The zero-order valence-electron chi connectivity index (χ0n) is 13.4. The van der Waals surface area contributed by atoms with E-state index in [1.165, 1.54) is 4.90 Å².